The fourth-order valence-corrected chi connectivity index (χ4v) is 2.67. The Labute approximate surface area is 92.3 Å². The number of phenols is 1. The van der Waals surface area contributed by atoms with Crippen molar-refractivity contribution in [2.45, 2.75) is 25.2 Å². The van der Waals surface area contributed by atoms with E-state index in [2.05, 4.69) is 22.0 Å². The second-order valence-electron chi connectivity index (χ2n) is 4.08. The van der Waals surface area contributed by atoms with Crippen molar-refractivity contribution in [3.63, 3.8) is 0 Å². The first-order chi connectivity index (χ1) is 6.60. The lowest BCUT2D eigenvalue weighted by atomic mass is 9.95. The molecule has 3 heteroatoms. The molecule has 2 rings (SSSR count). The van der Waals surface area contributed by atoms with Gasteiger partial charge >= 0.3 is 0 Å². The first-order valence-corrected chi connectivity index (χ1v) is 5.59. The number of rotatable bonds is 2. The van der Waals surface area contributed by atoms with E-state index < -0.39 is 0 Å². The van der Waals surface area contributed by atoms with E-state index in [1.165, 1.54) is 0 Å². The van der Waals surface area contributed by atoms with Gasteiger partial charge in [-0.05, 0) is 46.8 Å². The first-order valence-electron chi connectivity index (χ1n) is 4.79. The molecule has 0 aliphatic heterocycles. The fraction of sp³-hybridized carbons (Fsp3) is 0.455. The van der Waals surface area contributed by atoms with Gasteiger partial charge < -0.3 is 10.8 Å². The van der Waals surface area contributed by atoms with Gasteiger partial charge in [-0.25, -0.2) is 0 Å². The summed E-state index contributed by atoms with van der Waals surface area (Å²) in [5.74, 6) is 0.349. The van der Waals surface area contributed by atoms with Gasteiger partial charge in [-0.3, -0.25) is 0 Å². The Balaban J connectivity index is 2.50. The van der Waals surface area contributed by atoms with Gasteiger partial charge in [0.2, 0.25) is 0 Å². The van der Waals surface area contributed by atoms with Crippen LogP contribution >= 0.6 is 15.9 Å². The fourth-order valence-electron chi connectivity index (χ4n) is 1.80. The molecule has 1 aliphatic carbocycles. The SMILES string of the molecule is Cc1ccc(C2(CN)CC2)c(Br)c1O. The van der Waals surface area contributed by atoms with E-state index in [1.54, 1.807) is 0 Å². The average Bonchev–Trinajstić information content (AvgIpc) is 2.95. The highest BCUT2D eigenvalue weighted by Gasteiger charge is 2.44. The number of hydrogen-bond acceptors (Lipinski definition) is 2. The average molecular weight is 256 g/mol. The monoisotopic (exact) mass is 255 g/mol. The molecule has 1 saturated carbocycles. The van der Waals surface area contributed by atoms with Crippen molar-refractivity contribution in [1.82, 2.24) is 0 Å². The molecule has 0 heterocycles. The van der Waals surface area contributed by atoms with Crippen molar-refractivity contribution in [2.24, 2.45) is 5.73 Å². The molecule has 0 spiro atoms. The molecule has 1 fully saturated rings. The van der Waals surface area contributed by atoms with Crippen LogP contribution in [0.4, 0.5) is 0 Å². The molecule has 0 radical (unpaired) electrons. The van der Waals surface area contributed by atoms with E-state index in [0.29, 0.717) is 12.3 Å². The highest BCUT2D eigenvalue weighted by Crippen LogP contribution is 2.51. The molecule has 1 aliphatic rings. The van der Waals surface area contributed by atoms with Crippen molar-refractivity contribution < 1.29 is 5.11 Å². The van der Waals surface area contributed by atoms with Crippen molar-refractivity contribution in [2.75, 3.05) is 6.54 Å². The third kappa shape index (κ3) is 1.35. The number of halogens is 1. The molecule has 1 aromatic rings. The van der Waals surface area contributed by atoms with Crippen LogP contribution in [-0.2, 0) is 5.41 Å². The lowest BCUT2D eigenvalue weighted by Crippen LogP contribution is -2.20. The maximum absolute atomic E-state index is 9.79. The zero-order valence-corrected chi connectivity index (χ0v) is 9.76. The Morgan fingerprint density at radius 2 is 2.14 bits per heavy atom. The summed E-state index contributed by atoms with van der Waals surface area (Å²) in [6, 6.07) is 4.02. The predicted molar refractivity (Wildman–Crippen MR) is 60.5 cm³/mol. The molecule has 0 atom stereocenters. The van der Waals surface area contributed by atoms with Crippen LogP contribution in [0.2, 0.25) is 0 Å². The van der Waals surface area contributed by atoms with Gasteiger partial charge in [0, 0.05) is 12.0 Å². The lowest BCUT2D eigenvalue weighted by Gasteiger charge is -2.16. The molecule has 3 N–H and O–H groups in total. The largest absolute Gasteiger partial charge is 0.506 e. The molecule has 2 nitrogen and oxygen atoms in total. The Hall–Kier alpha value is -0.540. The van der Waals surface area contributed by atoms with E-state index in [0.717, 1.165) is 28.4 Å². The highest BCUT2D eigenvalue weighted by molar-refractivity contribution is 9.10. The molecular weight excluding hydrogens is 242 g/mol. The summed E-state index contributed by atoms with van der Waals surface area (Å²) in [5, 5.41) is 9.79. The van der Waals surface area contributed by atoms with E-state index >= 15 is 0 Å². The molecule has 0 bridgehead atoms. The van der Waals surface area contributed by atoms with Crippen LogP contribution in [0.1, 0.15) is 24.0 Å². The Kier molecular flexibility index (Phi) is 2.32. The molecule has 0 unspecified atom stereocenters. The first kappa shape index (κ1) is 9.99. The smallest absolute Gasteiger partial charge is 0.132 e. The van der Waals surface area contributed by atoms with E-state index in [-0.39, 0.29) is 5.41 Å². The molecule has 0 amide bonds. The van der Waals surface area contributed by atoms with Crippen molar-refractivity contribution in [3.05, 3.63) is 27.7 Å². The standard InChI is InChI=1S/C11H14BrNO/c1-7-2-3-8(9(12)10(7)14)11(6-13)4-5-11/h2-3,14H,4-6,13H2,1H3. The van der Waals surface area contributed by atoms with Gasteiger partial charge in [0.05, 0.1) is 4.47 Å². The van der Waals surface area contributed by atoms with Gasteiger partial charge in [0.15, 0.2) is 0 Å². The Bertz CT molecular complexity index is 372. The summed E-state index contributed by atoms with van der Waals surface area (Å²) >= 11 is 3.44. The Morgan fingerprint density at radius 3 is 2.64 bits per heavy atom. The van der Waals surface area contributed by atoms with Crippen LogP contribution in [0.3, 0.4) is 0 Å². The summed E-state index contributed by atoms with van der Waals surface area (Å²) in [7, 11) is 0. The van der Waals surface area contributed by atoms with Gasteiger partial charge in [0.1, 0.15) is 5.75 Å². The van der Waals surface area contributed by atoms with E-state index in [4.69, 9.17) is 5.73 Å². The number of nitrogens with two attached hydrogens (primary N) is 1. The van der Waals surface area contributed by atoms with Crippen LogP contribution in [0, 0.1) is 6.92 Å². The van der Waals surface area contributed by atoms with Gasteiger partial charge in [-0.2, -0.15) is 0 Å². The third-order valence-electron chi connectivity index (χ3n) is 3.13. The van der Waals surface area contributed by atoms with Gasteiger partial charge in [-0.15, -0.1) is 0 Å². The number of aryl methyl sites for hydroxylation is 1. The number of phenolic OH excluding ortho intramolecular Hbond substituents is 1. The Morgan fingerprint density at radius 1 is 1.50 bits per heavy atom. The van der Waals surface area contributed by atoms with Crippen molar-refractivity contribution >= 4 is 15.9 Å². The maximum atomic E-state index is 9.79. The summed E-state index contributed by atoms with van der Waals surface area (Å²) in [4.78, 5) is 0. The summed E-state index contributed by atoms with van der Waals surface area (Å²) < 4.78 is 0.820. The van der Waals surface area contributed by atoms with Crippen molar-refractivity contribution in [3.8, 4) is 5.75 Å². The minimum atomic E-state index is 0.129. The quantitative estimate of drug-likeness (QED) is 0.853. The molecule has 0 saturated heterocycles. The van der Waals surface area contributed by atoms with Crippen LogP contribution in [0.15, 0.2) is 16.6 Å². The zero-order chi connectivity index (χ0) is 10.3. The summed E-state index contributed by atoms with van der Waals surface area (Å²) in [5.41, 5.74) is 7.94. The second-order valence-corrected chi connectivity index (χ2v) is 4.87. The minimum Gasteiger partial charge on any atom is -0.506 e. The van der Waals surface area contributed by atoms with E-state index in [1.807, 2.05) is 13.0 Å². The summed E-state index contributed by atoms with van der Waals surface area (Å²) in [6.07, 6.45) is 2.26. The van der Waals surface area contributed by atoms with Crippen LogP contribution in [0.25, 0.3) is 0 Å². The zero-order valence-electron chi connectivity index (χ0n) is 8.18. The molecule has 0 aromatic heterocycles. The maximum Gasteiger partial charge on any atom is 0.132 e. The predicted octanol–water partition coefficient (Wildman–Crippen LogP) is 2.45. The molecule has 76 valence electrons. The van der Waals surface area contributed by atoms with Crippen LogP contribution < -0.4 is 5.73 Å². The normalized spacial score (nSPS) is 18.2. The summed E-state index contributed by atoms with van der Waals surface area (Å²) in [6.45, 7) is 2.56. The van der Waals surface area contributed by atoms with Crippen molar-refractivity contribution in [1.29, 1.82) is 0 Å². The van der Waals surface area contributed by atoms with Gasteiger partial charge in [-0.1, -0.05) is 12.1 Å². The van der Waals surface area contributed by atoms with Crippen LogP contribution in [0.5, 0.6) is 5.75 Å². The molecular formula is C11H14BrNO. The highest BCUT2D eigenvalue weighted by atomic mass is 79.9. The number of aromatic hydroxyl groups is 1. The lowest BCUT2D eigenvalue weighted by molar-refractivity contribution is 0.465. The molecule has 14 heavy (non-hydrogen) atoms. The second kappa shape index (κ2) is 3.24. The third-order valence-corrected chi connectivity index (χ3v) is 3.94. The topological polar surface area (TPSA) is 46.2 Å². The number of hydrogen-bond donors (Lipinski definition) is 2. The van der Waals surface area contributed by atoms with Gasteiger partial charge in [0.25, 0.3) is 0 Å². The minimum absolute atomic E-state index is 0.129. The molecule has 1 aromatic carbocycles. The van der Waals surface area contributed by atoms with E-state index in [9.17, 15) is 5.11 Å². The number of benzene rings is 1. The van der Waals surface area contributed by atoms with Crippen LogP contribution in [-0.4, -0.2) is 11.7 Å².